The smallest absolute Gasteiger partial charge is 0.244 e. The van der Waals surface area contributed by atoms with Gasteiger partial charge in [-0.1, -0.05) is 22.9 Å². The average molecular weight is 391 g/mol. The van der Waals surface area contributed by atoms with Crippen LogP contribution < -0.4 is 9.46 Å². The molecule has 114 valence electrons. The van der Waals surface area contributed by atoms with Gasteiger partial charge in [0.15, 0.2) is 0 Å². The Morgan fingerprint density at radius 2 is 2.19 bits per heavy atom. The molecule has 0 saturated heterocycles. The molecule has 5 nitrogen and oxygen atoms in total. The number of rotatable bonds is 6. The average Bonchev–Trinajstić information content (AvgIpc) is 2.93. The van der Waals surface area contributed by atoms with Crippen LogP contribution in [0, 0.1) is 0 Å². The maximum Gasteiger partial charge on any atom is 0.244 e. The number of aryl methyl sites for hydroxylation is 1. The third kappa shape index (κ3) is 4.03. The predicted octanol–water partition coefficient (Wildman–Crippen LogP) is 2.96. The lowest BCUT2D eigenvalue weighted by Crippen LogP contribution is -2.23. The number of benzene rings is 1. The molecule has 0 fully saturated rings. The van der Waals surface area contributed by atoms with E-state index in [4.69, 9.17) is 4.74 Å². The molecule has 0 aliphatic carbocycles. The number of thiazole rings is 1. The van der Waals surface area contributed by atoms with Crippen molar-refractivity contribution in [1.29, 1.82) is 0 Å². The fraction of sp³-hybridized carbons (Fsp3) is 0.308. The Labute approximate surface area is 136 Å². The summed E-state index contributed by atoms with van der Waals surface area (Å²) < 4.78 is 33.1. The first-order valence-electron chi connectivity index (χ1n) is 6.23. The molecular weight excluding hydrogens is 376 g/mol. The highest BCUT2D eigenvalue weighted by Gasteiger charge is 2.20. The summed E-state index contributed by atoms with van der Waals surface area (Å²) in [4.78, 5) is 5.43. The van der Waals surface area contributed by atoms with Crippen molar-refractivity contribution < 1.29 is 13.2 Å². The third-order valence-corrected chi connectivity index (χ3v) is 5.84. The summed E-state index contributed by atoms with van der Waals surface area (Å²) in [6.07, 6.45) is 2.66. The number of halogens is 1. The number of methoxy groups -OCH3 is 1. The van der Waals surface area contributed by atoms with Crippen LogP contribution in [0.4, 0.5) is 0 Å². The molecule has 0 amide bonds. The van der Waals surface area contributed by atoms with Crippen LogP contribution in [0.15, 0.2) is 33.8 Å². The molecule has 0 aliphatic rings. The van der Waals surface area contributed by atoms with Gasteiger partial charge in [-0.05, 0) is 24.6 Å². The van der Waals surface area contributed by atoms with E-state index in [2.05, 4.69) is 25.6 Å². The van der Waals surface area contributed by atoms with Gasteiger partial charge in [-0.3, -0.25) is 0 Å². The minimum Gasteiger partial charge on any atom is -0.495 e. The van der Waals surface area contributed by atoms with Gasteiger partial charge in [0, 0.05) is 15.5 Å². The summed E-state index contributed by atoms with van der Waals surface area (Å²) in [5, 5.41) is 0.740. The summed E-state index contributed by atoms with van der Waals surface area (Å²) in [6, 6.07) is 4.85. The Bertz CT molecular complexity index is 729. The molecule has 2 rings (SSSR count). The summed E-state index contributed by atoms with van der Waals surface area (Å²) in [6.45, 7) is 2.20. The number of hydrogen-bond donors (Lipinski definition) is 1. The molecule has 0 saturated carbocycles. The molecule has 1 aromatic carbocycles. The van der Waals surface area contributed by atoms with E-state index in [1.807, 2.05) is 6.92 Å². The van der Waals surface area contributed by atoms with E-state index in [0.29, 0.717) is 10.2 Å². The first kappa shape index (κ1) is 16.4. The summed E-state index contributed by atoms with van der Waals surface area (Å²) in [5.41, 5.74) is 0. The largest absolute Gasteiger partial charge is 0.495 e. The molecule has 0 radical (unpaired) electrons. The molecule has 0 bridgehead atoms. The number of ether oxygens (including phenoxy) is 1. The van der Waals surface area contributed by atoms with E-state index < -0.39 is 10.0 Å². The van der Waals surface area contributed by atoms with Gasteiger partial charge in [0.2, 0.25) is 10.0 Å². The zero-order chi connectivity index (χ0) is 15.5. The van der Waals surface area contributed by atoms with Crippen LogP contribution in [-0.2, 0) is 23.0 Å². The van der Waals surface area contributed by atoms with Crippen molar-refractivity contribution in [3.8, 4) is 5.75 Å². The van der Waals surface area contributed by atoms with E-state index in [1.54, 1.807) is 18.3 Å². The van der Waals surface area contributed by atoms with Gasteiger partial charge >= 0.3 is 0 Å². The van der Waals surface area contributed by atoms with Crippen molar-refractivity contribution in [3.63, 3.8) is 0 Å². The molecule has 2 aromatic rings. The Morgan fingerprint density at radius 1 is 1.43 bits per heavy atom. The van der Waals surface area contributed by atoms with Gasteiger partial charge < -0.3 is 4.74 Å². The maximum absolute atomic E-state index is 12.4. The highest BCUT2D eigenvalue weighted by atomic mass is 79.9. The lowest BCUT2D eigenvalue weighted by Gasteiger charge is -2.10. The lowest BCUT2D eigenvalue weighted by atomic mass is 10.3. The van der Waals surface area contributed by atoms with Crippen LogP contribution in [0.5, 0.6) is 5.75 Å². The molecular formula is C13H15BrN2O3S2. The molecule has 0 unspecified atom stereocenters. The first-order valence-corrected chi connectivity index (χ1v) is 9.32. The number of nitrogens with zero attached hydrogens (tertiary/aromatic N) is 1. The topological polar surface area (TPSA) is 68.3 Å². The molecule has 1 aromatic heterocycles. The molecule has 0 spiro atoms. The second kappa shape index (κ2) is 6.87. The van der Waals surface area contributed by atoms with Crippen molar-refractivity contribution in [2.24, 2.45) is 0 Å². The Kier molecular flexibility index (Phi) is 5.37. The van der Waals surface area contributed by atoms with Crippen molar-refractivity contribution in [2.45, 2.75) is 24.8 Å². The highest BCUT2D eigenvalue weighted by Crippen LogP contribution is 2.27. The van der Waals surface area contributed by atoms with Gasteiger partial charge in [0.1, 0.15) is 15.7 Å². The van der Waals surface area contributed by atoms with Crippen molar-refractivity contribution in [1.82, 2.24) is 9.71 Å². The molecule has 0 atom stereocenters. The molecule has 0 aliphatic heterocycles. The Hall–Kier alpha value is -0.960. The molecule has 1 heterocycles. The Balaban J connectivity index is 2.20. The third-order valence-electron chi connectivity index (χ3n) is 2.78. The van der Waals surface area contributed by atoms with Gasteiger partial charge in [0.05, 0.1) is 13.7 Å². The zero-order valence-electron chi connectivity index (χ0n) is 11.6. The minimum atomic E-state index is -3.66. The highest BCUT2D eigenvalue weighted by molar-refractivity contribution is 9.10. The normalized spacial score (nSPS) is 11.6. The van der Waals surface area contributed by atoms with Crippen molar-refractivity contribution >= 4 is 37.3 Å². The van der Waals surface area contributed by atoms with Crippen LogP contribution in [0.3, 0.4) is 0 Å². The zero-order valence-corrected chi connectivity index (χ0v) is 14.8. The maximum atomic E-state index is 12.4. The lowest BCUT2D eigenvalue weighted by molar-refractivity contribution is 0.402. The second-order valence-electron chi connectivity index (χ2n) is 4.19. The van der Waals surface area contributed by atoms with E-state index in [9.17, 15) is 8.42 Å². The van der Waals surface area contributed by atoms with Crippen LogP contribution >= 0.6 is 27.3 Å². The first-order chi connectivity index (χ1) is 9.96. The van der Waals surface area contributed by atoms with Crippen molar-refractivity contribution in [2.75, 3.05) is 7.11 Å². The Morgan fingerprint density at radius 3 is 2.81 bits per heavy atom. The fourth-order valence-corrected chi connectivity index (χ4v) is 4.27. The van der Waals surface area contributed by atoms with Gasteiger partial charge in [-0.25, -0.2) is 18.1 Å². The number of sulfonamides is 1. The van der Waals surface area contributed by atoms with E-state index in [1.165, 1.54) is 24.5 Å². The monoisotopic (exact) mass is 390 g/mol. The fourth-order valence-electron chi connectivity index (χ4n) is 1.69. The van der Waals surface area contributed by atoms with Crippen LogP contribution in [0.1, 0.15) is 16.8 Å². The SMILES string of the molecule is CCc1cnc(CNS(=O)(=O)c2cc(Br)ccc2OC)s1. The van der Waals surface area contributed by atoms with Crippen molar-refractivity contribution in [3.05, 3.63) is 38.8 Å². The standard InChI is InChI=1S/C13H15BrN2O3S2/c1-3-10-7-15-13(20-10)8-16-21(17,18)12-6-9(14)4-5-11(12)19-2/h4-7,16H,3,8H2,1-2H3. The predicted molar refractivity (Wildman–Crippen MR) is 86.2 cm³/mol. The van der Waals surface area contributed by atoms with E-state index >= 15 is 0 Å². The molecule has 8 heteroatoms. The van der Waals surface area contributed by atoms with E-state index in [0.717, 1.165) is 16.3 Å². The van der Waals surface area contributed by atoms with Crippen LogP contribution in [0.25, 0.3) is 0 Å². The van der Waals surface area contributed by atoms with Gasteiger partial charge in [0.25, 0.3) is 0 Å². The summed E-state index contributed by atoms with van der Waals surface area (Å²) in [5.74, 6) is 0.305. The number of nitrogens with one attached hydrogen (secondary N) is 1. The van der Waals surface area contributed by atoms with Crippen LogP contribution in [-0.4, -0.2) is 20.5 Å². The van der Waals surface area contributed by atoms with Gasteiger partial charge in [-0.2, -0.15) is 0 Å². The molecule has 21 heavy (non-hydrogen) atoms. The van der Waals surface area contributed by atoms with E-state index in [-0.39, 0.29) is 11.4 Å². The summed E-state index contributed by atoms with van der Waals surface area (Å²) >= 11 is 4.77. The number of aromatic nitrogens is 1. The van der Waals surface area contributed by atoms with Crippen LogP contribution in [0.2, 0.25) is 0 Å². The van der Waals surface area contributed by atoms with Gasteiger partial charge in [-0.15, -0.1) is 11.3 Å². The quantitative estimate of drug-likeness (QED) is 0.822. The minimum absolute atomic E-state index is 0.103. The summed E-state index contributed by atoms with van der Waals surface area (Å²) in [7, 11) is -2.22. The number of hydrogen-bond acceptors (Lipinski definition) is 5. The molecule has 1 N–H and O–H groups in total. The second-order valence-corrected chi connectivity index (χ2v) is 8.04.